The molecule has 1 N–H and O–H groups in total. The molecule has 2 aliphatic heterocycles. The zero-order valence-corrected chi connectivity index (χ0v) is 15.1. The van der Waals surface area contributed by atoms with Gasteiger partial charge in [0.25, 0.3) is 5.92 Å². The Bertz CT molecular complexity index is 584. The lowest BCUT2D eigenvalue weighted by Crippen LogP contribution is -2.58. The number of rotatable bonds is 2. The summed E-state index contributed by atoms with van der Waals surface area (Å²) in [6.45, 7) is 6.58. The van der Waals surface area contributed by atoms with E-state index in [0.717, 1.165) is 4.90 Å². The molecule has 2 heterocycles. The number of alkyl halides is 2. The van der Waals surface area contributed by atoms with Crippen LogP contribution in [0.3, 0.4) is 0 Å². The van der Waals surface area contributed by atoms with Crippen LogP contribution in [0.4, 0.5) is 13.6 Å². The molecule has 1 saturated carbocycles. The number of aliphatic carboxylic acids is 1. The van der Waals surface area contributed by atoms with Gasteiger partial charge in [-0.2, -0.15) is 0 Å². The molecule has 0 spiro atoms. The molecule has 8 heteroatoms. The fraction of sp³-hybridized carbons (Fsp3) is 0.882. The highest BCUT2D eigenvalue weighted by Crippen LogP contribution is 2.50. The molecule has 0 aromatic carbocycles. The molecule has 0 radical (unpaired) electrons. The molecule has 0 unspecified atom stereocenters. The number of carbonyl (C=O) groups excluding carboxylic acids is 1. The summed E-state index contributed by atoms with van der Waals surface area (Å²) in [6, 6.07) is -1.80. The van der Waals surface area contributed by atoms with Crippen molar-refractivity contribution in [2.24, 2.45) is 5.41 Å². The van der Waals surface area contributed by atoms with Gasteiger partial charge in [0.05, 0.1) is 24.0 Å². The number of hydrogen-bond donors (Lipinski definition) is 1. The van der Waals surface area contributed by atoms with Gasteiger partial charge in [0.2, 0.25) is 0 Å². The molecule has 3 rings (SSSR count). The summed E-state index contributed by atoms with van der Waals surface area (Å²) in [6.07, 6.45) is 0.493. The molecule has 3 fully saturated rings. The fourth-order valence-corrected chi connectivity index (χ4v) is 4.41. The van der Waals surface area contributed by atoms with E-state index < -0.39 is 47.6 Å². The smallest absolute Gasteiger partial charge is 0.410 e. The van der Waals surface area contributed by atoms with Crippen LogP contribution in [0.25, 0.3) is 0 Å². The normalized spacial score (nSPS) is 37.5. The first kappa shape index (κ1) is 18.4. The third-order valence-electron chi connectivity index (χ3n) is 5.60. The van der Waals surface area contributed by atoms with Crippen molar-refractivity contribution in [2.75, 3.05) is 13.1 Å². The Hall–Kier alpha value is -1.44. The molecule has 2 saturated heterocycles. The minimum atomic E-state index is -3.02. The van der Waals surface area contributed by atoms with E-state index in [1.54, 1.807) is 32.6 Å². The van der Waals surface area contributed by atoms with Crippen molar-refractivity contribution in [1.29, 1.82) is 0 Å². The van der Waals surface area contributed by atoms with Gasteiger partial charge in [0.15, 0.2) is 0 Å². The predicted octanol–water partition coefficient (Wildman–Crippen LogP) is 2.57. The second-order valence-electron chi connectivity index (χ2n) is 8.84. The van der Waals surface area contributed by atoms with Crippen LogP contribution in [0, 0.1) is 5.41 Å². The van der Waals surface area contributed by atoms with E-state index in [4.69, 9.17) is 4.74 Å². The quantitative estimate of drug-likeness (QED) is 0.820. The molecular weight excluding hydrogens is 334 g/mol. The lowest BCUT2D eigenvalue weighted by atomic mass is 9.66. The molecule has 1 amide bonds. The van der Waals surface area contributed by atoms with Crippen molar-refractivity contribution >= 4 is 12.1 Å². The van der Waals surface area contributed by atoms with Crippen molar-refractivity contribution in [3.8, 4) is 0 Å². The largest absolute Gasteiger partial charge is 0.481 e. The van der Waals surface area contributed by atoms with Crippen molar-refractivity contribution < 1.29 is 28.2 Å². The molecule has 25 heavy (non-hydrogen) atoms. The van der Waals surface area contributed by atoms with E-state index in [2.05, 4.69) is 0 Å². The first-order chi connectivity index (χ1) is 11.3. The minimum Gasteiger partial charge on any atom is -0.481 e. The summed E-state index contributed by atoms with van der Waals surface area (Å²) < 4.78 is 34.6. The Morgan fingerprint density at radius 2 is 1.84 bits per heavy atom. The maximum atomic E-state index is 14.7. The van der Waals surface area contributed by atoms with Crippen LogP contribution in [-0.2, 0) is 9.53 Å². The Morgan fingerprint density at radius 1 is 1.24 bits per heavy atom. The molecule has 2 atom stereocenters. The zero-order valence-electron chi connectivity index (χ0n) is 15.1. The second-order valence-corrected chi connectivity index (χ2v) is 8.84. The Balaban J connectivity index is 1.73. The maximum absolute atomic E-state index is 14.7. The number of nitrogens with zero attached hydrogens (tertiary/aromatic N) is 2. The van der Waals surface area contributed by atoms with Gasteiger partial charge in [0, 0.05) is 12.6 Å². The van der Waals surface area contributed by atoms with Crippen LogP contribution >= 0.6 is 0 Å². The first-order valence-corrected chi connectivity index (χ1v) is 8.71. The SMILES string of the molecule is CC(C)(C)OC(=O)N1CC(F)(F)[C@H]2[C@@H]1CCN2C1CC(C)(C(=O)O)C1. The van der Waals surface area contributed by atoms with Crippen molar-refractivity contribution in [3.05, 3.63) is 0 Å². The average Bonchev–Trinajstić information content (AvgIpc) is 2.93. The van der Waals surface area contributed by atoms with Gasteiger partial charge in [-0.15, -0.1) is 0 Å². The van der Waals surface area contributed by atoms with Crippen molar-refractivity contribution in [1.82, 2.24) is 9.80 Å². The Morgan fingerprint density at radius 3 is 2.36 bits per heavy atom. The number of carboxylic acids is 1. The molecule has 0 bridgehead atoms. The van der Waals surface area contributed by atoms with Gasteiger partial charge >= 0.3 is 12.1 Å². The lowest BCUT2D eigenvalue weighted by Gasteiger charge is -2.48. The summed E-state index contributed by atoms with van der Waals surface area (Å²) in [5.74, 6) is -3.90. The standard InChI is InChI=1S/C17H26F2N2O4/c1-15(2,3)25-14(24)21-9-17(18,19)12-11(21)5-6-20(12)10-7-16(4,8-10)13(22)23/h10-12H,5-9H2,1-4H3,(H,22,23)/t10?,11-,12+,16?/m0/s1. The van der Waals surface area contributed by atoms with Gasteiger partial charge in [0.1, 0.15) is 5.60 Å². The summed E-state index contributed by atoms with van der Waals surface area (Å²) in [4.78, 5) is 26.5. The third kappa shape index (κ3) is 3.09. The van der Waals surface area contributed by atoms with E-state index in [0.29, 0.717) is 25.8 Å². The van der Waals surface area contributed by atoms with Crippen LogP contribution in [0.15, 0.2) is 0 Å². The number of hydrogen-bond acceptors (Lipinski definition) is 4. The Labute approximate surface area is 146 Å². The average molecular weight is 360 g/mol. The van der Waals surface area contributed by atoms with E-state index in [1.165, 1.54) is 0 Å². The third-order valence-corrected chi connectivity index (χ3v) is 5.60. The predicted molar refractivity (Wildman–Crippen MR) is 85.6 cm³/mol. The molecule has 3 aliphatic rings. The number of carboxylic acid groups (broad SMARTS) is 1. The topological polar surface area (TPSA) is 70.1 Å². The highest BCUT2D eigenvalue weighted by atomic mass is 19.3. The number of halogens is 2. The van der Waals surface area contributed by atoms with Gasteiger partial charge in [-0.1, -0.05) is 0 Å². The number of ether oxygens (including phenoxy) is 1. The summed E-state index contributed by atoms with van der Waals surface area (Å²) >= 11 is 0. The summed E-state index contributed by atoms with van der Waals surface area (Å²) in [5.41, 5.74) is -1.57. The van der Waals surface area contributed by atoms with E-state index >= 15 is 0 Å². The van der Waals surface area contributed by atoms with Crippen LogP contribution in [0.1, 0.15) is 47.0 Å². The van der Waals surface area contributed by atoms with Crippen LogP contribution < -0.4 is 0 Å². The molecule has 142 valence electrons. The molecule has 6 nitrogen and oxygen atoms in total. The van der Waals surface area contributed by atoms with E-state index in [9.17, 15) is 23.5 Å². The fourth-order valence-electron chi connectivity index (χ4n) is 4.41. The van der Waals surface area contributed by atoms with Gasteiger partial charge in [-0.25, -0.2) is 13.6 Å². The first-order valence-electron chi connectivity index (χ1n) is 8.71. The van der Waals surface area contributed by atoms with Crippen molar-refractivity contribution in [2.45, 2.75) is 76.6 Å². The van der Waals surface area contributed by atoms with Crippen LogP contribution in [0.5, 0.6) is 0 Å². The molecular formula is C17H26F2N2O4. The lowest BCUT2D eigenvalue weighted by molar-refractivity contribution is -0.160. The van der Waals surface area contributed by atoms with Gasteiger partial charge < -0.3 is 9.84 Å². The monoisotopic (exact) mass is 360 g/mol. The minimum absolute atomic E-state index is 0.166. The van der Waals surface area contributed by atoms with E-state index in [1.807, 2.05) is 0 Å². The number of amides is 1. The maximum Gasteiger partial charge on any atom is 0.410 e. The number of carbonyl (C=O) groups is 2. The van der Waals surface area contributed by atoms with Crippen molar-refractivity contribution in [3.63, 3.8) is 0 Å². The molecule has 1 aliphatic carbocycles. The highest BCUT2D eigenvalue weighted by molar-refractivity contribution is 5.75. The van der Waals surface area contributed by atoms with Gasteiger partial charge in [-0.05, 0) is 47.0 Å². The van der Waals surface area contributed by atoms with Gasteiger partial charge in [-0.3, -0.25) is 14.6 Å². The van der Waals surface area contributed by atoms with E-state index in [-0.39, 0.29) is 6.04 Å². The zero-order chi connectivity index (χ0) is 18.8. The second kappa shape index (κ2) is 5.53. The summed E-state index contributed by atoms with van der Waals surface area (Å²) in [5, 5.41) is 9.23. The van der Waals surface area contributed by atoms with Crippen LogP contribution in [-0.4, -0.2) is 69.7 Å². The Kier molecular flexibility index (Phi) is 4.06. The number of fused-ring (bicyclic) bond motifs is 1. The highest BCUT2D eigenvalue weighted by Gasteiger charge is 2.64. The molecule has 0 aromatic rings. The molecule has 0 aromatic heterocycles. The number of likely N-dealkylation sites (tertiary alicyclic amines) is 2. The van der Waals surface area contributed by atoms with Crippen LogP contribution in [0.2, 0.25) is 0 Å². The summed E-state index contributed by atoms with van der Waals surface area (Å²) in [7, 11) is 0.